The molecule has 0 saturated carbocycles. The van der Waals surface area contributed by atoms with Crippen molar-refractivity contribution in [2.75, 3.05) is 26.4 Å². The Morgan fingerprint density at radius 2 is 0.478 bits per heavy atom. The quantitative estimate of drug-likeness (QED) is 0.0228. The number of aliphatic hydroxyl groups is 4. The Morgan fingerprint density at radius 3 is 0.667 bits per heavy atom. The van der Waals surface area contributed by atoms with Gasteiger partial charge >= 0.3 is 363 Å². The van der Waals surface area contributed by atoms with Crippen LogP contribution in [0.5, 0.6) is 0 Å². The minimum atomic E-state index is -7.17. The second-order valence-electron chi connectivity index (χ2n) is 17.0. The van der Waals surface area contributed by atoms with Crippen LogP contribution in [0.4, 0.5) is 0 Å². The Bertz CT molecular complexity index is 1250. The van der Waals surface area contributed by atoms with Crippen LogP contribution >= 0.6 is 0 Å². The normalized spacial score (nSPS) is 13.7. The minimum Gasteiger partial charge on any atom is -0.0654 e. The predicted octanol–water partition coefficient (Wildman–Crippen LogP) is 6.21. The first-order valence-corrected chi connectivity index (χ1v) is 30.0. The van der Waals surface area contributed by atoms with Crippen LogP contribution < -0.4 is 0 Å². The van der Waals surface area contributed by atoms with E-state index in [1.165, 1.54) is 0 Å². The van der Waals surface area contributed by atoms with Crippen LogP contribution in [-0.2, 0) is 69.6 Å². The molecule has 0 aromatic heterocycles. The molecule has 0 saturated heterocycles. The predicted molar refractivity (Wildman–Crippen MR) is 250 cm³/mol. The molecular weight excluding hydrogens is 1020 g/mol. The zero-order chi connectivity index (χ0) is 51.7. The molecule has 4 atom stereocenters. The van der Waals surface area contributed by atoms with Crippen LogP contribution in [0.2, 0.25) is 0 Å². The smallest absolute Gasteiger partial charge is 0.0654 e. The molecule has 0 aromatic carbocycles. The first kappa shape index (κ1) is 65.4. The second kappa shape index (κ2) is 42.1. The summed E-state index contributed by atoms with van der Waals surface area (Å²) in [6.45, 7) is 7.87. The minimum absolute atomic E-state index is 0.0930. The molecule has 20 nitrogen and oxygen atoms in total. The van der Waals surface area contributed by atoms with Gasteiger partial charge in [0.05, 0.1) is 0 Å². The van der Waals surface area contributed by atoms with Gasteiger partial charge in [0.25, 0.3) is 0 Å². The molecule has 69 heavy (non-hydrogen) atoms. The molecule has 0 aromatic rings. The number of ether oxygens (including phenoxy) is 4. The van der Waals surface area contributed by atoms with Crippen LogP contribution in [0.3, 0.4) is 0 Å². The average molecular weight is 1100 g/mol. The molecule has 0 bridgehead atoms. The van der Waals surface area contributed by atoms with Crippen LogP contribution in [0.25, 0.3) is 0 Å². The van der Waals surface area contributed by atoms with Gasteiger partial charge in [0.15, 0.2) is 0 Å². The summed E-state index contributed by atoms with van der Waals surface area (Å²) in [4.78, 5) is 104. The molecule has 0 fully saturated rings. The Labute approximate surface area is 414 Å². The zero-order valence-corrected chi connectivity index (χ0v) is 44.6. The number of aliphatic hydroxyl groups excluding tert-OH is 4. The molecule has 0 aliphatic carbocycles. The number of hydrogen-bond donors (Lipinski definition) is 4. The summed E-state index contributed by atoms with van der Waals surface area (Å²) < 4.78 is 41.1. The molecule has 4 N–H and O–H groups in total. The number of unbranched alkanes of at least 4 members (excludes halogenated alkanes) is 20. The van der Waals surface area contributed by atoms with Gasteiger partial charge in [0.2, 0.25) is 0 Å². The van der Waals surface area contributed by atoms with Crippen molar-refractivity contribution in [1.29, 1.82) is 0 Å². The summed E-state index contributed by atoms with van der Waals surface area (Å²) in [6.07, 6.45) is 6.78. The maximum absolute atomic E-state index is 13.4. The molecule has 0 aliphatic heterocycles. The van der Waals surface area contributed by atoms with E-state index < -0.39 is 118 Å². The fraction of sp³-hybridized carbons (Fsp3) is 0.833. The maximum atomic E-state index is 13.4. The third-order valence-corrected chi connectivity index (χ3v) is 15.9. The van der Waals surface area contributed by atoms with Crippen LogP contribution in [0.15, 0.2) is 0 Å². The fourth-order valence-electron chi connectivity index (χ4n) is 6.42. The third kappa shape index (κ3) is 35.2. The summed E-state index contributed by atoms with van der Waals surface area (Å²) in [5.74, 6) is -11.6. The summed E-state index contributed by atoms with van der Waals surface area (Å²) in [5, 5.41) is 42.2. The Balaban J connectivity index is 6.43. The van der Waals surface area contributed by atoms with E-state index in [1.807, 2.05) is 0 Å². The fourth-order valence-corrected chi connectivity index (χ4v) is 11.3. The molecule has 0 aliphatic rings. The number of esters is 4. The van der Waals surface area contributed by atoms with Crippen molar-refractivity contribution < 1.29 is 90.0 Å². The van der Waals surface area contributed by atoms with Crippen molar-refractivity contribution in [1.82, 2.24) is 0 Å². The van der Waals surface area contributed by atoms with E-state index in [0.717, 1.165) is 128 Å². The van der Waals surface area contributed by atoms with E-state index >= 15 is 0 Å². The topological polar surface area (TPSA) is 291 Å². The van der Waals surface area contributed by atoms with Crippen molar-refractivity contribution in [3.05, 3.63) is 0 Å². The molecule has 0 rings (SSSR count). The van der Waals surface area contributed by atoms with Crippen molar-refractivity contribution in [3.8, 4) is 0 Å². The Morgan fingerprint density at radius 1 is 0.304 bits per heavy atom. The van der Waals surface area contributed by atoms with E-state index in [-0.39, 0.29) is 26.4 Å². The van der Waals surface area contributed by atoms with Crippen LogP contribution in [-0.4, -0.2) is 139 Å². The van der Waals surface area contributed by atoms with E-state index in [1.54, 1.807) is 0 Å². The summed E-state index contributed by atoms with van der Waals surface area (Å²) in [6, 6.07) is 0. The number of carbonyl (C=O) groups excluding carboxylic acids is 8. The molecule has 21 heteroatoms. The van der Waals surface area contributed by atoms with Crippen LogP contribution in [0.1, 0.15) is 207 Å². The number of rotatable bonds is 44. The van der Waals surface area contributed by atoms with Gasteiger partial charge in [-0.25, -0.2) is 0 Å². The number of hydrogen-bond acceptors (Lipinski definition) is 20. The molecule has 0 heterocycles. The van der Waals surface area contributed by atoms with E-state index in [4.69, 9.17) is 31.2 Å². The average Bonchev–Trinajstić information content (AvgIpc) is 3.29. The standard InChI is InChI=1S/4C12H22O5.Sn/c4*1-2-3-4-5-6-7-8-17-12(16)10(13)9-11(14)15;/h4*10,13H,2-9H2,1H3,(H,14,15);/q;;;;+4/p-4. The molecule has 0 amide bonds. The molecule has 0 spiro atoms. The first-order chi connectivity index (χ1) is 33.0. The Kier molecular flexibility index (Phi) is 39.9. The van der Waals surface area contributed by atoms with Gasteiger partial charge in [-0.1, -0.05) is 53.4 Å². The van der Waals surface area contributed by atoms with Gasteiger partial charge in [-0.05, 0) is 0 Å². The van der Waals surface area contributed by atoms with Gasteiger partial charge in [0.1, 0.15) is 0 Å². The van der Waals surface area contributed by atoms with E-state index in [0.29, 0.717) is 25.7 Å². The van der Waals surface area contributed by atoms with Gasteiger partial charge in [-0.15, -0.1) is 0 Å². The molecule has 0 radical (unpaired) electrons. The van der Waals surface area contributed by atoms with Crippen molar-refractivity contribution in [3.63, 3.8) is 0 Å². The van der Waals surface area contributed by atoms with Crippen molar-refractivity contribution in [2.45, 2.75) is 232 Å². The third-order valence-electron chi connectivity index (χ3n) is 10.5. The SMILES string of the molecule is CCCCCCCCOC(=O)C(O)CC(=O)[O][Sn]([O]C(=O)CC(O)C(=O)OCCCCCCCC)([O]C(=O)CC(O)C(=O)OCCCCCCCC)[O]C(=O)CC(O)C(=O)OCCCCCCCC. The summed E-state index contributed by atoms with van der Waals surface area (Å²) in [7, 11) is 0. The number of carbonyl (C=O) groups is 8. The van der Waals surface area contributed by atoms with Gasteiger partial charge in [0, 0.05) is 0 Å². The van der Waals surface area contributed by atoms with E-state index in [2.05, 4.69) is 27.7 Å². The Hall–Kier alpha value is -3.60. The van der Waals surface area contributed by atoms with Crippen molar-refractivity contribution >= 4 is 67.8 Å². The zero-order valence-electron chi connectivity index (χ0n) is 41.8. The van der Waals surface area contributed by atoms with Gasteiger partial charge in [-0.3, -0.25) is 0 Å². The summed E-state index contributed by atoms with van der Waals surface area (Å²) >= 11 is -7.17. The monoisotopic (exact) mass is 1100 g/mol. The molecule has 400 valence electrons. The molecule has 4 unspecified atom stereocenters. The van der Waals surface area contributed by atoms with Gasteiger partial charge < -0.3 is 0 Å². The summed E-state index contributed by atoms with van der Waals surface area (Å²) in [5.41, 5.74) is 0. The van der Waals surface area contributed by atoms with Crippen molar-refractivity contribution in [2.24, 2.45) is 0 Å². The van der Waals surface area contributed by atoms with E-state index in [9.17, 15) is 58.8 Å². The first-order valence-electron chi connectivity index (χ1n) is 25.3. The molecular formula is C48H84O20Sn. The second-order valence-corrected chi connectivity index (χ2v) is 22.2. The van der Waals surface area contributed by atoms with Gasteiger partial charge in [-0.2, -0.15) is 0 Å². The van der Waals surface area contributed by atoms with Crippen LogP contribution in [0, 0.1) is 0 Å².